The van der Waals surface area contributed by atoms with Crippen molar-refractivity contribution < 1.29 is 19.2 Å². The van der Waals surface area contributed by atoms with Gasteiger partial charge in [0.2, 0.25) is 5.91 Å². The van der Waals surface area contributed by atoms with Crippen molar-refractivity contribution in [3.05, 3.63) is 12.7 Å². The van der Waals surface area contributed by atoms with E-state index in [2.05, 4.69) is 17.2 Å². The molecule has 1 atom stereocenters. The second kappa shape index (κ2) is 7.75. The molecule has 1 saturated heterocycles. The number of hydrogen-bond acceptors (Lipinski definition) is 4. The molecule has 8 heteroatoms. The molecule has 6 amide bonds. The van der Waals surface area contributed by atoms with E-state index in [-0.39, 0.29) is 6.54 Å². The highest BCUT2D eigenvalue weighted by Gasteiger charge is 2.47. The van der Waals surface area contributed by atoms with E-state index in [1.54, 1.807) is 6.92 Å². The van der Waals surface area contributed by atoms with Crippen molar-refractivity contribution in [2.45, 2.75) is 39.2 Å². The van der Waals surface area contributed by atoms with Crippen LogP contribution in [0.15, 0.2) is 12.7 Å². The Hall–Kier alpha value is -2.38. The molecule has 8 nitrogen and oxygen atoms in total. The third kappa shape index (κ3) is 5.08. The van der Waals surface area contributed by atoms with Crippen LogP contribution in [0.3, 0.4) is 0 Å². The van der Waals surface area contributed by atoms with Crippen molar-refractivity contribution in [1.82, 2.24) is 20.9 Å². The van der Waals surface area contributed by atoms with Crippen molar-refractivity contribution in [3.8, 4) is 0 Å². The zero-order chi connectivity index (χ0) is 17.6. The average Bonchev–Trinajstić information content (AvgIpc) is 2.67. The van der Waals surface area contributed by atoms with Gasteiger partial charge in [0.25, 0.3) is 5.91 Å². The molecule has 0 radical (unpaired) electrons. The fraction of sp³-hybridized carbons (Fsp3) is 0.600. The van der Waals surface area contributed by atoms with Gasteiger partial charge in [-0.25, -0.2) is 9.59 Å². The molecule has 1 rings (SSSR count). The number of amides is 6. The smallest absolute Gasteiger partial charge is 0.325 e. The quantitative estimate of drug-likeness (QED) is 0.474. The fourth-order valence-electron chi connectivity index (χ4n) is 2.16. The van der Waals surface area contributed by atoms with Gasteiger partial charge in [0, 0.05) is 6.54 Å². The molecule has 0 aromatic carbocycles. The van der Waals surface area contributed by atoms with Crippen LogP contribution in [0.25, 0.3) is 0 Å². The molecular weight excluding hydrogens is 300 g/mol. The van der Waals surface area contributed by atoms with E-state index >= 15 is 0 Å². The third-order valence-electron chi connectivity index (χ3n) is 3.53. The van der Waals surface area contributed by atoms with E-state index in [0.29, 0.717) is 12.3 Å². The highest BCUT2D eigenvalue weighted by atomic mass is 16.2. The number of urea groups is 2. The molecule has 0 aliphatic carbocycles. The number of rotatable bonds is 7. The fourth-order valence-corrected chi connectivity index (χ4v) is 2.16. The summed E-state index contributed by atoms with van der Waals surface area (Å²) in [5, 5.41) is 7.04. The summed E-state index contributed by atoms with van der Waals surface area (Å²) >= 11 is 0. The zero-order valence-corrected chi connectivity index (χ0v) is 13.8. The van der Waals surface area contributed by atoms with Gasteiger partial charge in [0.05, 0.1) is 0 Å². The maximum atomic E-state index is 12.4. The van der Waals surface area contributed by atoms with Crippen LogP contribution in [-0.2, 0) is 9.59 Å². The van der Waals surface area contributed by atoms with Gasteiger partial charge < -0.3 is 10.6 Å². The van der Waals surface area contributed by atoms with Crippen LogP contribution in [0.5, 0.6) is 0 Å². The van der Waals surface area contributed by atoms with Gasteiger partial charge in [-0.1, -0.05) is 19.9 Å². The summed E-state index contributed by atoms with van der Waals surface area (Å²) in [5.74, 6) is -0.796. The maximum Gasteiger partial charge on any atom is 0.325 e. The molecule has 0 unspecified atom stereocenters. The monoisotopic (exact) mass is 324 g/mol. The maximum absolute atomic E-state index is 12.4. The lowest BCUT2D eigenvalue weighted by atomic mass is 9.92. The van der Waals surface area contributed by atoms with E-state index < -0.39 is 36.0 Å². The van der Waals surface area contributed by atoms with Crippen molar-refractivity contribution >= 4 is 23.9 Å². The van der Waals surface area contributed by atoms with Crippen LogP contribution >= 0.6 is 0 Å². The van der Waals surface area contributed by atoms with Gasteiger partial charge in [-0.05, 0) is 25.7 Å². The van der Waals surface area contributed by atoms with E-state index in [1.807, 2.05) is 19.2 Å². The molecule has 0 bridgehead atoms. The topological polar surface area (TPSA) is 108 Å². The summed E-state index contributed by atoms with van der Waals surface area (Å²) in [4.78, 5) is 48.3. The highest BCUT2D eigenvalue weighted by molar-refractivity contribution is 6.09. The Morgan fingerprint density at radius 1 is 1.39 bits per heavy atom. The lowest BCUT2D eigenvalue weighted by Gasteiger charge is -2.22. The molecule has 1 heterocycles. The van der Waals surface area contributed by atoms with Crippen LogP contribution in [0.2, 0.25) is 0 Å². The largest absolute Gasteiger partial charge is 0.334 e. The van der Waals surface area contributed by atoms with Crippen molar-refractivity contribution in [1.29, 1.82) is 0 Å². The molecule has 23 heavy (non-hydrogen) atoms. The third-order valence-corrected chi connectivity index (χ3v) is 3.53. The molecule has 0 aromatic heterocycles. The first-order valence-corrected chi connectivity index (χ1v) is 7.52. The van der Waals surface area contributed by atoms with Crippen LogP contribution in [0, 0.1) is 5.92 Å². The lowest BCUT2D eigenvalue weighted by molar-refractivity contribution is -0.134. The predicted octanol–water partition coefficient (Wildman–Crippen LogP) is 0.745. The minimum atomic E-state index is -1.01. The van der Waals surface area contributed by atoms with Crippen molar-refractivity contribution in [2.24, 2.45) is 5.92 Å². The number of nitrogens with one attached hydrogen (secondary N) is 3. The SMILES string of the molecule is C=CCNC(=O)NC(=O)CN1C(=O)N[C@@](C)(CCC(C)C)C1=O. The minimum absolute atomic E-state index is 0.204. The molecule has 3 N–H and O–H groups in total. The molecular formula is C15H24N4O4. The van der Waals surface area contributed by atoms with Crippen LogP contribution in [-0.4, -0.2) is 47.4 Å². The second-order valence-corrected chi connectivity index (χ2v) is 6.13. The van der Waals surface area contributed by atoms with E-state index in [9.17, 15) is 19.2 Å². The summed E-state index contributed by atoms with van der Waals surface area (Å²) < 4.78 is 0. The summed E-state index contributed by atoms with van der Waals surface area (Å²) in [6.45, 7) is 8.83. The number of nitrogens with zero attached hydrogens (tertiary/aromatic N) is 1. The molecule has 0 spiro atoms. The van der Waals surface area contributed by atoms with Gasteiger partial charge in [-0.3, -0.25) is 19.8 Å². The summed E-state index contributed by atoms with van der Waals surface area (Å²) in [6, 6.07) is -1.33. The molecule has 1 aliphatic heterocycles. The van der Waals surface area contributed by atoms with Gasteiger partial charge in [-0.2, -0.15) is 0 Å². The van der Waals surface area contributed by atoms with Crippen LogP contribution in [0.4, 0.5) is 9.59 Å². The van der Waals surface area contributed by atoms with Gasteiger partial charge >= 0.3 is 12.1 Å². The Kier molecular flexibility index (Phi) is 6.29. The minimum Gasteiger partial charge on any atom is -0.334 e. The normalized spacial score (nSPS) is 20.4. The first-order valence-electron chi connectivity index (χ1n) is 7.52. The van der Waals surface area contributed by atoms with Crippen molar-refractivity contribution in [3.63, 3.8) is 0 Å². The van der Waals surface area contributed by atoms with Crippen LogP contribution in [0.1, 0.15) is 33.6 Å². The number of carbonyl (C=O) groups excluding carboxylic acids is 4. The first kappa shape index (κ1) is 18.7. The van der Waals surface area contributed by atoms with E-state index in [0.717, 1.165) is 11.3 Å². The Bertz CT molecular complexity index is 518. The van der Waals surface area contributed by atoms with Crippen LogP contribution < -0.4 is 16.0 Å². The van der Waals surface area contributed by atoms with Crippen molar-refractivity contribution in [2.75, 3.05) is 13.1 Å². The van der Waals surface area contributed by atoms with Gasteiger partial charge in [-0.15, -0.1) is 6.58 Å². The van der Waals surface area contributed by atoms with E-state index in [1.165, 1.54) is 6.08 Å². The number of imide groups is 2. The Morgan fingerprint density at radius 2 is 2.04 bits per heavy atom. The predicted molar refractivity (Wildman–Crippen MR) is 84.5 cm³/mol. The van der Waals surface area contributed by atoms with E-state index in [4.69, 9.17) is 0 Å². The summed E-state index contributed by atoms with van der Waals surface area (Å²) in [6.07, 6.45) is 2.72. The standard InChI is InChI=1S/C15H24N4O4/c1-5-8-16-13(22)17-11(20)9-19-12(21)15(4,18-14(19)23)7-6-10(2)3/h5,10H,1,6-9H2,2-4H3,(H,18,23)(H2,16,17,20,22)/t15-/m0/s1. The molecule has 1 aliphatic rings. The molecule has 128 valence electrons. The van der Waals surface area contributed by atoms with Gasteiger partial charge in [0.1, 0.15) is 12.1 Å². The Morgan fingerprint density at radius 3 is 2.61 bits per heavy atom. The second-order valence-electron chi connectivity index (χ2n) is 6.13. The Balaban J connectivity index is 2.61. The van der Waals surface area contributed by atoms with Gasteiger partial charge in [0.15, 0.2) is 0 Å². The number of hydrogen-bond donors (Lipinski definition) is 3. The Labute approximate surface area is 135 Å². The molecule has 1 fully saturated rings. The highest BCUT2D eigenvalue weighted by Crippen LogP contribution is 2.24. The lowest BCUT2D eigenvalue weighted by Crippen LogP contribution is -2.47. The molecule has 0 saturated carbocycles. The number of carbonyl (C=O) groups is 4. The summed E-state index contributed by atoms with van der Waals surface area (Å²) in [7, 11) is 0. The average molecular weight is 324 g/mol. The molecule has 0 aromatic rings. The zero-order valence-electron chi connectivity index (χ0n) is 13.8. The summed E-state index contributed by atoms with van der Waals surface area (Å²) in [5.41, 5.74) is -1.01. The first-order chi connectivity index (χ1) is 10.7.